The van der Waals surface area contributed by atoms with Crippen molar-refractivity contribution < 1.29 is 9.53 Å². The van der Waals surface area contributed by atoms with Crippen LogP contribution in [0, 0.1) is 0 Å². The molecular formula is C16H23N7O2. The molecule has 9 heteroatoms. The third kappa shape index (κ3) is 3.87. The van der Waals surface area contributed by atoms with Gasteiger partial charge in [-0.15, -0.1) is 0 Å². The van der Waals surface area contributed by atoms with Crippen LogP contribution < -0.4 is 15.5 Å². The monoisotopic (exact) mass is 345 g/mol. The Bertz CT molecular complexity index is 738. The van der Waals surface area contributed by atoms with E-state index in [0.717, 1.165) is 24.2 Å². The second-order valence-corrected chi connectivity index (χ2v) is 6.29. The van der Waals surface area contributed by atoms with Crippen molar-refractivity contribution in [2.75, 3.05) is 37.5 Å². The number of anilines is 2. The van der Waals surface area contributed by atoms with Crippen molar-refractivity contribution in [1.82, 2.24) is 25.1 Å². The van der Waals surface area contributed by atoms with Crippen molar-refractivity contribution in [2.24, 2.45) is 7.05 Å². The predicted octanol–water partition coefficient (Wildman–Crippen LogP) is 1.10. The van der Waals surface area contributed by atoms with Crippen molar-refractivity contribution in [1.29, 1.82) is 0 Å². The summed E-state index contributed by atoms with van der Waals surface area (Å²) in [6, 6.07) is 1.40. The van der Waals surface area contributed by atoms with Gasteiger partial charge in [0.25, 0.3) is 0 Å². The molecule has 1 saturated heterocycles. The number of hydrogen-bond donors (Lipinski definition) is 2. The number of ether oxygens (including phenoxy) is 1. The minimum absolute atomic E-state index is 0.256. The highest BCUT2D eigenvalue weighted by Crippen LogP contribution is 2.35. The van der Waals surface area contributed by atoms with E-state index in [9.17, 15) is 4.79 Å². The zero-order valence-electron chi connectivity index (χ0n) is 14.7. The normalized spacial score (nSPS) is 19.6. The van der Waals surface area contributed by atoms with Crippen molar-refractivity contribution in [3.8, 4) is 0 Å². The number of carbonyl (C=O) groups is 1. The summed E-state index contributed by atoms with van der Waals surface area (Å²) in [7, 11) is 5.61. The summed E-state index contributed by atoms with van der Waals surface area (Å²) < 4.78 is 7.69. The molecule has 3 heterocycles. The highest BCUT2D eigenvalue weighted by atomic mass is 16.5. The Labute approximate surface area is 146 Å². The fraction of sp³-hybridized carbons (Fsp3) is 0.500. The lowest BCUT2D eigenvalue weighted by Crippen LogP contribution is -2.42. The molecule has 0 bridgehead atoms. The van der Waals surface area contributed by atoms with Crippen LogP contribution in [0.15, 0.2) is 24.7 Å². The standard InChI is InChI=1S/C16H23N7O2/c1-22(2)13-5-7-17-14(20-13)21-15(24)18-11-16(6-4-8-25-16)12-9-19-23(3)10-12/h5,7,9-10H,4,6,8,11H2,1-3H3,(H2,17,18,20,21,24). The topological polar surface area (TPSA) is 97.2 Å². The van der Waals surface area contributed by atoms with Gasteiger partial charge in [-0.3, -0.25) is 10.00 Å². The molecule has 2 aromatic rings. The molecular weight excluding hydrogens is 322 g/mol. The van der Waals surface area contributed by atoms with Crippen LogP contribution in [0.3, 0.4) is 0 Å². The number of aryl methyl sites for hydroxylation is 1. The molecule has 0 saturated carbocycles. The maximum atomic E-state index is 12.2. The summed E-state index contributed by atoms with van der Waals surface area (Å²) in [5.74, 6) is 0.975. The number of nitrogens with one attached hydrogen (secondary N) is 2. The molecule has 1 atom stereocenters. The smallest absolute Gasteiger partial charge is 0.321 e. The molecule has 25 heavy (non-hydrogen) atoms. The van der Waals surface area contributed by atoms with Crippen molar-refractivity contribution in [3.05, 3.63) is 30.2 Å². The minimum atomic E-state index is -0.530. The number of hydrogen-bond acceptors (Lipinski definition) is 6. The Morgan fingerprint density at radius 3 is 2.96 bits per heavy atom. The fourth-order valence-electron chi connectivity index (χ4n) is 2.85. The molecule has 0 spiro atoms. The average Bonchev–Trinajstić information content (AvgIpc) is 3.23. The number of aromatic nitrogens is 4. The van der Waals surface area contributed by atoms with Gasteiger partial charge in [-0.2, -0.15) is 10.1 Å². The third-order valence-corrected chi connectivity index (χ3v) is 4.19. The van der Waals surface area contributed by atoms with Crippen LogP contribution in [-0.2, 0) is 17.4 Å². The van der Waals surface area contributed by atoms with Gasteiger partial charge in [-0.05, 0) is 18.9 Å². The number of rotatable bonds is 5. The molecule has 1 aliphatic heterocycles. The second-order valence-electron chi connectivity index (χ2n) is 6.29. The quantitative estimate of drug-likeness (QED) is 0.842. The van der Waals surface area contributed by atoms with Gasteiger partial charge in [0, 0.05) is 45.7 Å². The van der Waals surface area contributed by atoms with Gasteiger partial charge in [0.05, 0.1) is 12.7 Å². The van der Waals surface area contributed by atoms with Crippen molar-refractivity contribution >= 4 is 17.8 Å². The van der Waals surface area contributed by atoms with Gasteiger partial charge in [0.1, 0.15) is 11.4 Å². The molecule has 1 fully saturated rings. The number of carbonyl (C=O) groups excluding carboxylic acids is 1. The Hall–Kier alpha value is -2.68. The Morgan fingerprint density at radius 1 is 1.48 bits per heavy atom. The van der Waals surface area contributed by atoms with Crippen LogP contribution in [0.5, 0.6) is 0 Å². The molecule has 134 valence electrons. The Kier molecular flexibility index (Phi) is 4.84. The van der Waals surface area contributed by atoms with E-state index in [2.05, 4.69) is 25.7 Å². The molecule has 1 unspecified atom stereocenters. The first kappa shape index (κ1) is 17.2. The zero-order chi connectivity index (χ0) is 17.9. The van der Waals surface area contributed by atoms with E-state index in [1.807, 2.05) is 32.2 Å². The maximum Gasteiger partial charge on any atom is 0.321 e. The molecule has 1 aliphatic rings. The summed E-state index contributed by atoms with van der Waals surface area (Å²) in [6.45, 7) is 1.03. The Balaban J connectivity index is 1.63. The van der Waals surface area contributed by atoms with Crippen molar-refractivity contribution in [2.45, 2.75) is 18.4 Å². The summed E-state index contributed by atoms with van der Waals surface area (Å²) in [6.07, 6.45) is 7.11. The van der Waals surface area contributed by atoms with Crippen LogP contribution in [0.2, 0.25) is 0 Å². The first-order chi connectivity index (χ1) is 12.0. The highest BCUT2D eigenvalue weighted by molar-refractivity contribution is 5.87. The van der Waals surface area contributed by atoms with Crippen LogP contribution in [0.25, 0.3) is 0 Å². The second kappa shape index (κ2) is 7.06. The zero-order valence-corrected chi connectivity index (χ0v) is 14.7. The van der Waals surface area contributed by atoms with E-state index in [1.165, 1.54) is 0 Å². The van der Waals surface area contributed by atoms with E-state index in [-0.39, 0.29) is 12.0 Å². The number of amides is 2. The number of urea groups is 1. The van der Waals surface area contributed by atoms with Gasteiger partial charge < -0.3 is 15.0 Å². The minimum Gasteiger partial charge on any atom is -0.368 e. The summed E-state index contributed by atoms with van der Waals surface area (Å²) in [5, 5.41) is 9.74. The van der Waals surface area contributed by atoms with Gasteiger partial charge in [-0.25, -0.2) is 9.78 Å². The lowest BCUT2D eigenvalue weighted by Gasteiger charge is -2.27. The van der Waals surface area contributed by atoms with Crippen LogP contribution in [-0.4, -0.2) is 53.0 Å². The summed E-state index contributed by atoms with van der Waals surface area (Å²) >= 11 is 0. The van der Waals surface area contributed by atoms with Gasteiger partial charge in [0.2, 0.25) is 5.95 Å². The average molecular weight is 345 g/mol. The largest absolute Gasteiger partial charge is 0.368 e. The molecule has 0 aromatic carbocycles. The van der Waals surface area contributed by atoms with E-state index in [0.29, 0.717) is 13.2 Å². The number of nitrogens with zero attached hydrogens (tertiary/aromatic N) is 5. The molecule has 9 nitrogen and oxygen atoms in total. The SMILES string of the molecule is CN(C)c1ccnc(NC(=O)NCC2(c3cnn(C)c3)CCCO2)n1. The van der Waals surface area contributed by atoms with Gasteiger partial charge >= 0.3 is 6.03 Å². The highest BCUT2D eigenvalue weighted by Gasteiger charge is 2.38. The van der Waals surface area contributed by atoms with Crippen molar-refractivity contribution in [3.63, 3.8) is 0 Å². The summed E-state index contributed by atoms with van der Waals surface area (Å²) in [4.78, 5) is 22.4. The van der Waals surface area contributed by atoms with Gasteiger partial charge in [0.15, 0.2) is 0 Å². The fourth-order valence-corrected chi connectivity index (χ4v) is 2.85. The third-order valence-electron chi connectivity index (χ3n) is 4.19. The summed E-state index contributed by atoms with van der Waals surface area (Å²) in [5.41, 5.74) is 0.441. The first-order valence-corrected chi connectivity index (χ1v) is 8.17. The molecule has 2 amide bonds. The maximum absolute atomic E-state index is 12.2. The molecule has 0 radical (unpaired) electrons. The van der Waals surface area contributed by atoms with E-state index in [4.69, 9.17) is 4.74 Å². The predicted molar refractivity (Wildman–Crippen MR) is 93.5 cm³/mol. The van der Waals surface area contributed by atoms with Crippen LogP contribution >= 0.6 is 0 Å². The lowest BCUT2D eigenvalue weighted by atomic mass is 9.93. The molecule has 2 aromatic heterocycles. The van der Waals surface area contributed by atoms with Crippen LogP contribution in [0.1, 0.15) is 18.4 Å². The molecule has 3 rings (SSSR count). The molecule has 0 aliphatic carbocycles. The van der Waals surface area contributed by atoms with Crippen LogP contribution in [0.4, 0.5) is 16.6 Å². The van der Waals surface area contributed by atoms with E-state index < -0.39 is 5.60 Å². The first-order valence-electron chi connectivity index (χ1n) is 8.17. The van der Waals surface area contributed by atoms with E-state index in [1.54, 1.807) is 23.1 Å². The Morgan fingerprint density at radius 2 is 2.32 bits per heavy atom. The van der Waals surface area contributed by atoms with E-state index >= 15 is 0 Å². The van der Waals surface area contributed by atoms with Gasteiger partial charge in [-0.1, -0.05) is 0 Å². The lowest BCUT2D eigenvalue weighted by molar-refractivity contribution is 0.00324. The molecule has 2 N–H and O–H groups in total.